The molecule has 6 nitrogen and oxygen atoms in total. The molecule has 0 bridgehead atoms. The van der Waals surface area contributed by atoms with Crippen molar-refractivity contribution in [1.29, 1.82) is 0 Å². The molecule has 2 aromatic rings. The molecule has 0 atom stereocenters. The van der Waals surface area contributed by atoms with Gasteiger partial charge in [-0.05, 0) is 29.8 Å². The molecule has 1 N–H and O–H groups in total. The first-order valence-corrected chi connectivity index (χ1v) is 7.20. The third-order valence-electron chi connectivity index (χ3n) is 3.46. The summed E-state index contributed by atoms with van der Waals surface area (Å²) >= 11 is 0. The number of nitrogens with zero attached hydrogens (tertiary/aromatic N) is 1. The minimum absolute atomic E-state index is 0.141. The number of hydrogen-bond acceptors (Lipinski definition) is 5. The second-order valence-electron chi connectivity index (χ2n) is 5.08. The van der Waals surface area contributed by atoms with E-state index < -0.39 is 16.4 Å². The van der Waals surface area contributed by atoms with Gasteiger partial charge in [-0.2, -0.15) is 4.39 Å². The third-order valence-corrected chi connectivity index (χ3v) is 3.46. The molecule has 23 heavy (non-hydrogen) atoms. The lowest BCUT2D eigenvalue weighted by Crippen LogP contribution is -2.04. The summed E-state index contributed by atoms with van der Waals surface area (Å²) in [7, 11) is 0. The van der Waals surface area contributed by atoms with E-state index in [1.165, 1.54) is 12.1 Å². The van der Waals surface area contributed by atoms with Crippen molar-refractivity contribution in [2.75, 3.05) is 18.5 Å². The van der Waals surface area contributed by atoms with Crippen LogP contribution in [0.4, 0.5) is 15.8 Å². The van der Waals surface area contributed by atoms with Crippen LogP contribution in [0.2, 0.25) is 0 Å². The average molecular weight is 318 g/mol. The molecule has 0 unspecified atom stereocenters. The van der Waals surface area contributed by atoms with Crippen LogP contribution >= 0.6 is 0 Å². The van der Waals surface area contributed by atoms with E-state index in [9.17, 15) is 14.5 Å². The first-order valence-electron chi connectivity index (χ1n) is 7.20. The van der Waals surface area contributed by atoms with Crippen LogP contribution in [0.15, 0.2) is 36.4 Å². The highest BCUT2D eigenvalue weighted by molar-refractivity contribution is 5.62. The van der Waals surface area contributed by atoms with Gasteiger partial charge < -0.3 is 14.8 Å². The van der Waals surface area contributed by atoms with E-state index in [-0.39, 0.29) is 5.69 Å². The summed E-state index contributed by atoms with van der Waals surface area (Å²) < 4.78 is 24.7. The second kappa shape index (κ2) is 6.51. The number of hydrogen-bond donors (Lipinski definition) is 1. The van der Waals surface area contributed by atoms with Crippen molar-refractivity contribution < 1.29 is 18.8 Å². The lowest BCUT2D eigenvalue weighted by Gasteiger charge is -2.11. The number of anilines is 1. The zero-order valence-electron chi connectivity index (χ0n) is 12.3. The van der Waals surface area contributed by atoms with Crippen molar-refractivity contribution in [1.82, 2.24) is 0 Å². The van der Waals surface area contributed by atoms with E-state index in [4.69, 9.17) is 9.47 Å². The Labute approximate surface area is 132 Å². The highest BCUT2D eigenvalue weighted by Gasteiger charge is 2.19. The van der Waals surface area contributed by atoms with Crippen LogP contribution in [0, 0.1) is 15.9 Å². The molecule has 0 spiro atoms. The minimum Gasteiger partial charge on any atom is -0.490 e. The number of halogens is 1. The Morgan fingerprint density at radius 2 is 1.96 bits per heavy atom. The van der Waals surface area contributed by atoms with E-state index in [2.05, 4.69) is 5.32 Å². The largest absolute Gasteiger partial charge is 0.490 e. The predicted molar refractivity (Wildman–Crippen MR) is 82.4 cm³/mol. The SMILES string of the molecule is O=[N+]([O-])c1c(F)cccc1NCc1ccc2c(c1)OCCCO2. The number of benzene rings is 2. The van der Waals surface area contributed by atoms with Crippen LogP contribution in [-0.4, -0.2) is 18.1 Å². The first kappa shape index (κ1) is 15.1. The van der Waals surface area contributed by atoms with Gasteiger partial charge >= 0.3 is 5.69 Å². The standard InChI is InChI=1S/C16H15FN2O4/c17-12-3-1-4-13(16(12)19(20)21)18-10-11-5-6-14-15(9-11)23-8-2-7-22-14/h1,3-6,9,18H,2,7-8,10H2. The molecule has 7 heteroatoms. The van der Waals surface area contributed by atoms with E-state index in [1.54, 1.807) is 6.07 Å². The molecule has 2 aromatic carbocycles. The molecule has 0 saturated heterocycles. The van der Waals surface area contributed by atoms with Crippen molar-refractivity contribution >= 4 is 11.4 Å². The van der Waals surface area contributed by atoms with E-state index >= 15 is 0 Å². The Morgan fingerprint density at radius 1 is 1.17 bits per heavy atom. The number of para-hydroxylation sites is 1. The van der Waals surface area contributed by atoms with Crippen LogP contribution < -0.4 is 14.8 Å². The molecule has 120 valence electrons. The molecule has 0 saturated carbocycles. The van der Waals surface area contributed by atoms with Gasteiger partial charge in [0.2, 0.25) is 5.82 Å². The van der Waals surface area contributed by atoms with Gasteiger partial charge in [-0.3, -0.25) is 10.1 Å². The van der Waals surface area contributed by atoms with Crippen molar-refractivity contribution in [3.63, 3.8) is 0 Å². The van der Waals surface area contributed by atoms with Crippen molar-refractivity contribution in [3.8, 4) is 11.5 Å². The van der Waals surface area contributed by atoms with Crippen molar-refractivity contribution in [3.05, 3.63) is 57.9 Å². The number of fused-ring (bicyclic) bond motifs is 1. The number of rotatable bonds is 4. The molecular formula is C16H15FN2O4. The Hall–Kier alpha value is -2.83. The fraction of sp³-hybridized carbons (Fsp3) is 0.250. The molecule has 1 heterocycles. The van der Waals surface area contributed by atoms with Gasteiger partial charge in [0.1, 0.15) is 5.69 Å². The Kier molecular flexibility index (Phi) is 4.27. The molecule has 1 aliphatic heterocycles. The lowest BCUT2D eigenvalue weighted by molar-refractivity contribution is -0.386. The van der Waals surface area contributed by atoms with Crippen LogP contribution in [0.1, 0.15) is 12.0 Å². The van der Waals surface area contributed by atoms with Crippen molar-refractivity contribution in [2.45, 2.75) is 13.0 Å². The van der Waals surface area contributed by atoms with E-state index in [1.807, 2.05) is 12.1 Å². The Balaban J connectivity index is 1.78. The lowest BCUT2D eigenvalue weighted by atomic mass is 10.2. The normalized spacial score (nSPS) is 13.3. The smallest absolute Gasteiger partial charge is 0.327 e. The maximum atomic E-state index is 13.6. The van der Waals surface area contributed by atoms with Gasteiger partial charge in [0.05, 0.1) is 18.1 Å². The highest BCUT2D eigenvalue weighted by Crippen LogP contribution is 2.31. The topological polar surface area (TPSA) is 73.6 Å². The fourth-order valence-electron chi connectivity index (χ4n) is 2.36. The number of nitrogens with one attached hydrogen (secondary N) is 1. The fourth-order valence-corrected chi connectivity index (χ4v) is 2.36. The Morgan fingerprint density at radius 3 is 2.74 bits per heavy atom. The van der Waals surface area contributed by atoms with Crippen LogP contribution in [0.3, 0.4) is 0 Å². The number of ether oxygens (including phenoxy) is 2. The monoisotopic (exact) mass is 318 g/mol. The zero-order chi connectivity index (χ0) is 16.2. The molecule has 0 fully saturated rings. The predicted octanol–water partition coefficient (Wildman–Crippen LogP) is 3.51. The molecule has 0 radical (unpaired) electrons. The van der Waals surface area contributed by atoms with Gasteiger partial charge in [-0.25, -0.2) is 0 Å². The van der Waals surface area contributed by atoms with Crippen LogP contribution in [-0.2, 0) is 6.54 Å². The molecule has 1 aliphatic rings. The first-order chi connectivity index (χ1) is 11.1. The maximum absolute atomic E-state index is 13.6. The molecule has 0 aromatic heterocycles. The molecule has 0 amide bonds. The van der Waals surface area contributed by atoms with Crippen LogP contribution in [0.25, 0.3) is 0 Å². The average Bonchev–Trinajstić information content (AvgIpc) is 2.77. The molecule has 3 rings (SSSR count). The van der Waals surface area contributed by atoms with Gasteiger partial charge in [0.15, 0.2) is 11.5 Å². The van der Waals surface area contributed by atoms with Gasteiger partial charge in [-0.15, -0.1) is 0 Å². The summed E-state index contributed by atoms with van der Waals surface area (Å²) in [5.74, 6) is 0.470. The van der Waals surface area contributed by atoms with Gasteiger partial charge in [-0.1, -0.05) is 12.1 Å². The quantitative estimate of drug-likeness (QED) is 0.690. The number of nitro groups is 1. The van der Waals surface area contributed by atoms with E-state index in [0.717, 1.165) is 18.1 Å². The summed E-state index contributed by atoms with van der Waals surface area (Å²) in [5.41, 5.74) is 0.441. The summed E-state index contributed by atoms with van der Waals surface area (Å²) in [4.78, 5) is 10.2. The van der Waals surface area contributed by atoms with E-state index in [0.29, 0.717) is 31.3 Å². The Bertz CT molecular complexity index is 736. The summed E-state index contributed by atoms with van der Waals surface area (Å²) in [5, 5.41) is 13.9. The number of nitro benzene ring substituents is 1. The highest BCUT2D eigenvalue weighted by atomic mass is 19.1. The molecule has 0 aliphatic carbocycles. The summed E-state index contributed by atoms with van der Waals surface area (Å²) in [6, 6.07) is 9.43. The third kappa shape index (κ3) is 3.33. The summed E-state index contributed by atoms with van der Waals surface area (Å²) in [6.45, 7) is 1.50. The van der Waals surface area contributed by atoms with Crippen molar-refractivity contribution in [2.24, 2.45) is 0 Å². The minimum atomic E-state index is -0.862. The zero-order valence-corrected chi connectivity index (χ0v) is 12.3. The van der Waals surface area contributed by atoms with Gasteiger partial charge in [0, 0.05) is 13.0 Å². The second-order valence-corrected chi connectivity index (χ2v) is 5.08. The van der Waals surface area contributed by atoms with Gasteiger partial charge in [0.25, 0.3) is 0 Å². The maximum Gasteiger partial charge on any atom is 0.327 e. The molecular weight excluding hydrogens is 303 g/mol. The van der Waals surface area contributed by atoms with Crippen LogP contribution in [0.5, 0.6) is 11.5 Å². The summed E-state index contributed by atoms with van der Waals surface area (Å²) in [6.07, 6.45) is 0.817.